The van der Waals surface area contributed by atoms with Gasteiger partial charge < -0.3 is 4.74 Å². The summed E-state index contributed by atoms with van der Waals surface area (Å²) in [4.78, 5) is 14.6. The average Bonchev–Trinajstić information content (AvgIpc) is 2.92. The van der Waals surface area contributed by atoms with E-state index in [1.165, 1.54) is 38.6 Å². The fourth-order valence-electron chi connectivity index (χ4n) is 3.96. The molecule has 0 bridgehead atoms. The number of piperidine rings is 1. The molecule has 2 heterocycles. The van der Waals surface area contributed by atoms with Gasteiger partial charge in [-0.15, -0.1) is 0 Å². The van der Waals surface area contributed by atoms with E-state index in [4.69, 9.17) is 4.74 Å². The van der Waals surface area contributed by atoms with Crippen LogP contribution in [0, 0.1) is 17.8 Å². The second-order valence-corrected chi connectivity index (χ2v) is 6.36. The zero-order chi connectivity index (χ0) is 12.4. The molecule has 0 N–H and O–H groups in total. The summed E-state index contributed by atoms with van der Waals surface area (Å²) < 4.78 is 5.31. The van der Waals surface area contributed by atoms with Gasteiger partial charge in [0.05, 0.1) is 13.2 Å². The molecule has 3 fully saturated rings. The van der Waals surface area contributed by atoms with Crippen LogP contribution in [-0.4, -0.2) is 43.5 Å². The lowest BCUT2D eigenvalue weighted by molar-refractivity contribution is -0.124. The third-order valence-electron chi connectivity index (χ3n) is 5.14. The van der Waals surface area contributed by atoms with Crippen LogP contribution in [0.3, 0.4) is 0 Å². The number of carbonyl (C=O) groups is 1. The highest BCUT2D eigenvalue weighted by molar-refractivity contribution is 5.83. The van der Waals surface area contributed by atoms with Crippen molar-refractivity contribution in [2.24, 2.45) is 17.8 Å². The van der Waals surface area contributed by atoms with Crippen LogP contribution >= 0.6 is 0 Å². The van der Waals surface area contributed by atoms with Gasteiger partial charge >= 0.3 is 0 Å². The number of carbonyl (C=O) groups excluding carboxylic acids is 1. The number of Topliss-reactive ketones (excluding diaryl/α,β-unsaturated/α-hetero) is 1. The molecule has 3 nitrogen and oxygen atoms in total. The average molecular weight is 251 g/mol. The number of nitrogens with zero attached hydrogens (tertiary/aromatic N) is 1. The van der Waals surface area contributed by atoms with Crippen molar-refractivity contribution in [2.75, 3.05) is 32.8 Å². The lowest BCUT2D eigenvalue weighted by atomic mass is 9.75. The summed E-state index contributed by atoms with van der Waals surface area (Å²) in [6, 6.07) is 0. The Balaban J connectivity index is 1.49. The van der Waals surface area contributed by atoms with Crippen molar-refractivity contribution in [3.05, 3.63) is 0 Å². The van der Waals surface area contributed by atoms with Crippen molar-refractivity contribution in [3.8, 4) is 0 Å². The molecule has 0 aromatic rings. The van der Waals surface area contributed by atoms with Crippen LogP contribution in [0.4, 0.5) is 0 Å². The molecule has 102 valence electrons. The standard InChI is InChI=1S/C15H25NO2/c17-15(14-6-8-18-11-14)10-16-7-5-12-3-1-2-4-13(12)9-16/h12-14H,1-11H2. The first kappa shape index (κ1) is 12.6. The molecule has 3 rings (SSSR count). The van der Waals surface area contributed by atoms with Crippen LogP contribution in [0.25, 0.3) is 0 Å². The molecule has 3 unspecified atom stereocenters. The van der Waals surface area contributed by atoms with Gasteiger partial charge in [0.1, 0.15) is 0 Å². The highest BCUT2D eigenvalue weighted by Gasteiger charge is 2.33. The number of fused-ring (bicyclic) bond motifs is 1. The van der Waals surface area contributed by atoms with E-state index in [2.05, 4.69) is 4.90 Å². The molecule has 3 heteroatoms. The predicted octanol–water partition coefficient (Wildman–Crippen LogP) is 2.10. The van der Waals surface area contributed by atoms with E-state index in [0.717, 1.165) is 31.4 Å². The number of ether oxygens (including phenoxy) is 1. The van der Waals surface area contributed by atoms with Crippen molar-refractivity contribution in [1.29, 1.82) is 0 Å². The monoisotopic (exact) mass is 251 g/mol. The summed E-state index contributed by atoms with van der Waals surface area (Å²) in [5.41, 5.74) is 0. The fourth-order valence-corrected chi connectivity index (χ4v) is 3.96. The van der Waals surface area contributed by atoms with Gasteiger partial charge in [-0.2, -0.15) is 0 Å². The largest absolute Gasteiger partial charge is 0.381 e. The summed E-state index contributed by atoms with van der Waals surface area (Å²) in [5, 5.41) is 0. The normalized spacial score (nSPS) is 37.4. The third-order valence-corrected chi connectivity index (χ3v) is 5.14. The molecule has 18 heavy (non-hydrogen) atoms. The van der Waals surface area contributed by atoms with Crippen LogP contribution < -0.4 is 0 Å². The van der Waals surface area contributed by atoms with Crippen molar-refractivity contribution in [1.82, 2.24) is 4.90 Å². The van der Waals surface area contributed by atoms with Crippen LogP contribution in [0.1, 0.15) is 38.5 Å². The first-order valence-corrected chi connectivity index (χ1v) is 7.66. The van der Waals surface area contributed by atoms with Gasteiger partial charge in [0, 0.05) is 19.1 Å². The number of hydrogen-bond donors (Lipinski definition) is 0. The van der Waals surface area contributed by atoms with E-state index >= 15 is 0 Å². The van der Waals surface area contributed by atoms with Gasteiger partial charge in [-0.25, -0.2) is 0 Å². The van der Waals surface area contributed by atoms with E-state index in [1.807, 2.05) is 0 Å². The first-order valence-electron chi connectivity index (χ1n) is 7.66. The van der Waals surface area contributed by atoms with Gasteiger partial charge in [-0.1, -0.05) is 19.3 Å². The van der Waals surface area contributed by atoms with E-state index < -0.39 is 0 Å². The molecule has 2 aliphatic heterocycles. The Hall–Kier alpha value is -0.410. The van der Waals surface area contributed by atoms with Crippen molar-refractivity contribution in [2.45, 2.75) is 38.5 Å². The van der Waals surface area contributed by atoms with Crippen LogP contribution in [0.2, 0.25) is 0 Å². The Kier molecular flexibility index (Phi) is 4.00. The SMILES string of the molecule is O=C(CN1CCC2CCCCC2C1)C1CCOC1. The van der Waals surface area contributed by atoms with E-state index in [0.29, 0.717) is 18.9 Å². The molecule has 0 aromatic heterocycles. The summed E-state index contributed by atoms with van der Waals surface area (Å²) in [6.07, 6.45) is 7.92. The van der Waals surface area contributed by atoms with Crippen molar-refractivity contribution >= 4 is 5.78 Å². The van der Waals surface area contributed by atoms with E-state index in [9.17, 15) is 4.79 Å². The van der Waals surface area contributed by atoms with Gasteiger partial charge in [0.2, 0.25) is 0 Å². The smallest absolute Gasteiger partial charge is 0.152 e. The van der Waals surface area contributed by atoms with Crippen LogP contribution in [0.15, 0.2) is 0 Å². The molecule has 0 aromatic carbocycles. The minimum Gasteiger partial charge on any atom is -0.381 e. The fraction of sp³-hybridized carbons (Fsp3) is 0.933. The predicted molar refractivity (Wildman–Crippen MR) is 70.4 cm³/mol. The van der Waals surface area contributed by atoms with Gasteiger partial charge in [0.25, 0.3) is 0 Å². The van der Waals surface area contributed by atoms with Gasteiger partial charge in [0.15, 0.2) is 5.78 Å². The molecule has 0 radical (unpaired) electrons. The molecule has 1 saturated carbocycles. The first-order chi connectivity index (χ1) is 8.83. The molecule has 0 amide bonds. The Morgan fingerprint density at radius 1 is 1.11 bits per heavy atom. The molecular weight excluding hydrogens is 226 g/mol. The zero-order valence-corrected chi connectivity index (χ0v) is 11.3. The molecule has 3 aliphatic rings. The molecule has 0 spiro atoms. The van der Waals surface area contributed by atoms with Crippen LogP contribution in [-0.2, 0) is 9.53 Å². The number of rotatable bonds is 3. The van der Waals surface area contributed by atoms with Gasteiger partial charge in [-0.3, -0.25) is 9.69 Å². The number of hydrogen-bond acceptors (Lipinski definition) is 3. The van der Waals surface area contributed by atoms with E-state index in [-0.39, 0.29) is 5.92 Å². The lowest BCUT2D eigenvalue weighted by Gasteiger charge is -2.41. The Labute approximate surface area is 110 Å². The second kappa shape index (κ2) is 5.70. The summed E-state index contributed by atoms with van der Waals surface area (Å²) in [6.45, 7) is 4.43. The topological polar surface area (TPSA) is 29.5 Å². The highest BCUT2D eigenvalue weighted by atomic mass is 16.5. The molecular formula is C15H25NO2. The Morgan fingerprint density at radius 2 is 1.94 bits per heavy atom. The third kappa shape index (κ3) is 2.77. The minimum absolute atomic E-state index is 0.189. The van der Waals surface area contributed by atoms with Crippen molar-refractivity contribution in [3.63, 3.8) is 0 Å². The zero-order valence-electron chi connectivity index (χ0n) is 11.3. The number of likely N-dealkylation sites (tertiary alicyclic amines) is 1. The second-order valence-electron chi connectivity index (χ2n) is 6.36. The molecule has 2 saturated heterocycles. The van der Waals surface area contributed by atoms with Gasteiger partial charge in [-0.05, 0) is 37.6 Å². The Bertz CT molecular complexity index is 299. The highest BCUT2D eigenvalue weighted by Crippen LogP contribution is 2.36. The summed E-state index contributed by atoms with van der Waals surface area (Å²) in [7, 11) is 0. The maximum atomic E-state index is 12.2. The maximum absolute atomic E-state index is 12.2. The van der Waals surface area contributed by atoms with E-state index in [1.54, 1.807) is 0 Å². The summed E-state index contributed by atoms with van der Waals surface area (Å²) in [5.74, 6) is 2.44. The van der Waals surface area contributed by atoms with Crippen LogP contribution in [0.5, 0.6) is 0 Å². The van der Waals surface area contributed by atoms with Crippen molar-refractivity contribution < 1.29 is 9.53 Å². The Morgan fingerprint density at radius 3 is 2.72 bits per heavy atom. The maximum Gasteiger partial charge on any atom is 0.152 e. The number of ketones is 1. The summed E-state index contributed by atoms with van der Waals surface area (Å²) >= 11 is 0. The molecule has 1 aliphatic carbocycles. The quantitative estimate of drug-likeness (QED) is 0.769. The minimum atomic E-state index is 0.189. The lowest BCUT2D eigenvalue weighted by Crippen LogP contribution is -2.44. The molecule has 3 atom stereocenters.